The SMILES string of the molecule is Cc1cc(C)c(S(=O)(=O)N2CCC(C(=O)NCc3cscn3)CC2)c(C)c1. The first-order valence-corrected chi connectivity index (χ1v) is 11.4. The van der Waals surface area contributed by atoms with Gasteiger partial charge < -0.3 is 5.32 Å². The zero-order chi connectivity index (χ0) is 19.6. The number of hydrogen-bond acceptors (Lipinski definition) is 5. The van der Waals surface area contributed by atoms with E-state index in [1.54, 1.807) is 5.51 Å². The summed E-state index contributed by atoms with van der Waals surface area (Å²) in [5, 5.41) is 4.81. The van der Waals surface area contributed by atoms with Gasteiger partial charge in [0.1, 0.15) is 0 Å². The first-order valence-electron chi connectivity index (χ1n) is 9.02. The normalized spacial score (nSPS) is 16.4. The highest BCUT2D eigenvalue weighted by Crippen LogP contribution is 2.28. The number of amides is 1. The van der Waals surface area contributed by atoms with Gasteiger partial charge in [-0.05, 0) is 44.7 Å². The molecule has 0 aliphatic carbocycles. The van der Waals surface area contributed by atoms with Crippen molar-refractivity contribution in [2.24, 2.45) is 5.92 Å². The van der Waals surface area contributed by atoms with Gasteiger partial charge >= 0.3 is 0 Å². The molecule has 6 nitrogen and oxygen atoms in total. The Balaban J connectivity index is 1.64. The molecule has 1 aliphatic heterocycles. The van der Waals surface area contributed by atoms with Gasteiger partial charge in [-0.2, -0.15) is 4.31 Å². The van der Waals surface area contributed by atoms with Gasteiger partial charge in [0.2, 0.25) is 15.9 Å². The van der Waals surface area contributed by atoms with Gasteiger partial charge in [0.15, 0.2) is 0 Å². The largest absolute Gasteiger partial charge is 0.350 e. The highest BCUT2D eigenvalue weighted by Gasteiger charge is 2.33. The van der Waals surface area contributed by atoms with Crippen LogP contribution in [0, 0.1) is 26.7 Å². The summed E-state index contributed by atoms with van der Waals surface area (Å²) in [5.74, 6) is -0.182. The molecule has 3 rings (SSSR count). The molecule has 1 fully saturated rings. The van der Waals surface area contributed by atoms with Crippen molar-refractivity contribution >= 4 is 27.3 Å². The smallest absolute Gasteiger partial charge is 0.243 e. The molecule has 2 heterocycles. The van der Waals surface area contributed by atoms with Gasteiger partial charge in [-0.3, -0.25) is 4.79 Å². The molecule has 0 atom stereocenters. The summed E-state index contributed by atoms with van der Waals surface area (Å²) in [4.78, 5) is 16.9. The highest BCUT2D eigenvalue weighted by atomic mass is 32.2. The quantitative estimate of drug-likeness (QED) is 0.827. The summed E-state index contributed by atoms with van der Waals surface area (Å²) < 4.78 is 27.7. The van der Waals surface area contributed by atoms with Gasteiger partial charge in [0.25, 0.3) is 0 Å². The van der Waals surface area contributed by atoms with E-state index in [2.05, 4.69) is 10.3 Å². The maximum Gasteiger partial charge on any atom is 0.243 e. The number of aromatic nitrogens is 1. The molecule has 1 amide bonds. The lowest BCUT2D eigenvalue weighted by molar-refractivity contribution is -0.126. The van der Waals surface area contributed by atoms with Crippen LogP contribution in [0.4, 0.5) is 0 Å². The molecule has 1 aromatic carbocycles. The lowest BCUT2D eigenvalue weighted by atomic mass is 9.97. The van der Waals surface area contributed by atoms with Crippen LogP contribution in [-0.2, 0) is 21.4 Å². The average Bonchev–Trinajstić information content (AvgIpc) is 3.12. The summed E-state index contributed by atoms with van der Waals surface area (Å²) in [7, 11) is -3.54. The van der Waals surface area contributed by atoms with E-state index in [0.717, 1.165) is 22.4 Å². The van der Waals surface area contributed by atoms with Gasteiger partial charge in [-0.1, -0.05) is 17.7 Å². The van der Waals surface area contributed by atoms with Crippen LogP contribution in [0.2, 0.25) is 0 Å². The van der Waals surface area contributed by atoms with Crippen molar-refractivity contribution in [2.45, 2.75) is 45.1 Å². The first kappa shape index (κ1) is 20.0. The van der Waals surface area contributed by atoms with Crippen molar-refractivity contribution in [2.75, 3.05) is 13.1 Å². The molecule has 8 heteroatoms. The Kier molecular flexibility index (Phi) is 5.98. The van der Waals surface area contributed by atoms with Gasteiger partial charge in [-0.25, -0.2) is 13.4 Å². The van der Waals surface area contributed by atoms with Crippen LogP contribution < -0.4 is 5.32 Å². The molecule has 146 valence electrons. The van der Waals surface area contributed by atoms with Crippen molar-refractivity contribution < 1.29 is 13.2 Å². The van der Waals surface area contributed by atoms with E-state index in [4.69, 9.17) is 0 Å². The van der Waals surface area contributed by atoms with Crippen LogP contribution >= 0.6 is 11.3 Å². The molecule has 0 unspecified atom stereocenters. The molecule has 1 saturated heterocycles. The summed E-state index contributed by atoms with van der Waals surface area (Å²) >= 11 is 1.50. The van der Waals surface area contributed by atoms with Crippen LogP contribution in [0.3, 0.4) is 0 Å². The van der Waals surface area contributed by atoms with E-state index in [1.165, 1.54) is 15.6 Å². The lowest BCUT2D eigenvalue weighted by Gasteiger charge is -2.31. The van der Waals surface area contributed by atoms with E-state index >= 15 is 0 Å². The summed E-state index contributed by atoms with van der Waals surface area (Å²) in [6.07, 6.45) is 1.07. The number of carbonyl (C=O) groups is 1. The van der Waals surface area contributed by atoms with Crippen molar-refractivity contribution in [1.29, 1.82) is 0 Å². The van der Waals surface area contributed by atoms with E-state index in [9.17, 15) is 13.2 Å². The second-order valence-electron chi connectivity index (χ2n) is 7.10. The molecule has 0 saturated carbocycles. The minimum absolute atomic E-state index is 0.0252. The molecule has 0 spiro atoms. The molecule has 1 aliphatic rings. The average molecular weight is 408 g/mol. The van der Waals surface area contributed by atoms with Gasteiger partial charge in [0, 0.05) is 24.4 Å². The molecule has 0 bridgehead atoms. The van der Waals surface area contributed by atoms with Crippen molar-refractivity contribution in [1.82, 2.24) is 14.6 Å². The third-order valence-electron chi connectivity index (χ3n) is 4.95. The van der Waals surface area contributed by atoms with Gasteiger partial charge in [-0.15, -0.1) is 11.3 Å². The Hall–Kier alpha value is -1.77. The zero-order valence-corrected chi connectivity index (χ0v) is 17.5. The fourth-order valence-corrected chi connectivity index (χ4v) is 6.15. The van der Waals surface area contributed by atoms with E-state index in [-0.39, 0.29) is 11.8 Å². The maximum absolute atomic E-state index is 13.1. The van der Waals surface area contributed by atoms with E-state index < -0.39 is 10.0 Å². The third-order valence-corrected chi connectivity index (χ3v) is 7.79. The van der Waals surface area contributed by atoms with Crippen LogP contribution in [0.25, 0.3) is 0 Å². The Morgan fingerprint density at radius 2 is 1.85 bits per heavy atom. The van der Waals surface area contributed by atoms with Gasteiger partial charge in [0.05, 0.1) is 22.6 Å². The highest BCUT2D eigenvalue weighted by molar-refractivity contribution is 7.89. The first-order chi connectivity index (χ1) is 12.8. The Bertz CT molecular complexity index is 893. The summed E-state index contributed by atoms with van der Waals surface area (Å²) in [6.45, 7) is 6.79. The predicted molar refractivity (Wildman–Crippen MR) is 106 cm³/mol. The molecule has 2 aromatic rings. The standard InChI is InChI=1S/C19H25N3O3S2/c1-13-8-14(2)18(15(3)9-13)27(24,25)22-6-4-16(5-7-22)19(23)20-10-17-11-26-12-21-17/h8-9,11-12,16H,4-7,10H2,1-3H3,(H,20,23). The minimum atomic E-state index is -3.54. The number of hydrogen-bond donors (Lipinski definition) is 1. The monoisotopic (exact) mass is 407 g/mol. The number of nitrogens with zero attached hydrogens (tertiary/aromatic N) is 2. The number of piperidine rings is 1. The number of rotatable bonds is 5. The number of benzene rings is 1. The fourth-order valence-electron chi connectivity index (χ4n) is 3.71. The fraction of sp³-hybridized carbons (Fsp3) is 0.474. The Labute approximate surface area is 164 Å². The second kappa shape index (κ2) is 8.08. The number of aryl methyl sites for hydroxylation is 3. The number of nitrogens with one attached hydrogen (secondary N) is 1. The van der Waals surface area contributed by atoms with E-state index in [1.807, 2.05) is 38.3 Å². The second-order valence-corrected chi connectivity index (χ2v) is 9.70. The molecule has 1 aromatic heterocycles. The van der Waals surface area contributed by atoms with Crippen molar-refractivity contribution in [3.63, 3.8) is 0 Å². The predicted octanol–water partition coefficient (Wildman–Crippen LogP) is 2.79. The third kappa shape index (κ3) is 4.39. The zero-order valence-electron chi connectivity index (χ0n) is 15.9. The van der Waals surface area contributed by atoms with Crippen LogP contribution in [0.1, 0.15) is 35.2 Å². The molecule has 1 N–H and O–H groups in total. The maximum atomic E-state index is 13.1. The van der Waals surface area contributed by atoms with Crippen LogP contribution in [-0.4, -0.2) is 36.7 Å². The molecule has 0 radical (unpaired) electrons. The van der Waals surface area contributed by atoms with E-state index in [0.29, 0.717) is 37.4 Å². The molecular weight excluding hydrogens is 382 g/mol. The summed E-state index contributed by atoms with van der Waals surface area (Å²) in [5.41, 5.74) is 5.18. The Morgan fingerprint density at radius 1 is 1.22 bits per heavy atom. The molecule has 27 heavy (non-hydrogen) atoms. The summed E-state index contributed by atoms with van der Waals surface area (Å²) in [6, 6.07) is 3.80. The number of thiazole rings is 1. The lowest BCUT2D eigenvalue weighted by Crippen LogP contribution is -2.43. The van der Waals surface area contributed by atoms with Crippen molar-refractivity contribution in [3.05, 3.63) is 45.4 Å². The van der Waals surface area contributed by atoms with Crippen molar-refractivity contribution in [3.8, 4) is 0 Å². The van der Waals surface area contributed by atoms with Crippen LogP contribution in [0.15, 0.2) is 27.9 Å². The van der Waals surface area contributed by atoms with Crippen LogP contribution in [0.5, 0.6) is 0 Å². The number of sulfonamides is 1. The Morgan fingerprint density at radius 3 is 2.41 bits per heavy atom. The minimum Gasteiger partial charge on any atom is -0.350 e. The topological polar surface area (TPSA) is 79.4 Å². The number of carbonyl (C=O) groups excluding carboxylic acids is 1. The molecular formula is C19H25N3O3S2.